The fraction of sp³-hybridized carbons (Fsp3) is 0.481. The second-order valence-corrected chi connectivity index (χ2v) is 8.02. The minimum absolute atomic E-state index is 0.230. The topological polar surface area (TPSA) is 57.2 Å². The molecule has 1 unspecified atom stereocenters. The molecule has 0 amide bonds. The zero-order valence-corrected chi connectivity index (χ0v) is 19.7. The highest BCUT2D eigenvalue weighted by atomic mass is 16.5. The SMILES string of the molecule is COc1ccc(COCC/C=C(\CCOCc2ccc(OC)cc2)CC(C)CCO)cc1. The van der Waals surface area contributed by atoms with Gasteiger partial charge in [0, 0.05) is 6.61 Å². The molecule has 5 heteroatoms. The molecule has 2 aromatic rings. The Kier molecular flexibility index (Phi) is 12.5. The summed E-state index contributed by atoms with van der Waals surface area (Å²) in [5.74, 6) is 2.16. The molecule has 0 aliphatic heterocycles. The van der Waals surface area contributed by atoms with Crippen LogP contribution in [0, 0.1) is 5.92 Å². The maximum atomic E-state index is 9.23. The Labute approximate surface area is 193 Å². The molecule has 0 saturated carbocycles. The van der Waals surface area contributed by atoms with Crippen LogP contribution < -0.4 is 9.47 Å². The molecule has 0 aromatic heterocycles. The predicted octanol–water partition coefficient (Wildman–Crippen LogP) is 5.55. The molecular weight excluding hydrogens is 404 g/mol. The van der Waals surface area contributed by atoms with Crippen LogP contribution in [-0.2, 0) is 22.7 Å². The van der Waals surface area contributed by atoms with Crippen molar-refractivity contribution in [3.63, 3.8) is 0 Å². The molecule has 5 nitrogen and oxygen atoms in total. The monoisotopic (exact) mass is 442 g/mol. The summed E-state index contributed by atoms with van der Waals surface area (Å²) in [4.78, 5) is 0. The molecule has 0 radical (unpaired) electrons. The van der Waals surface area contributed by atoms with Crippen molar-refractivity contribution < 1.29 is 24.1 Å². The average Bonchev–Trinajstić information content (AvgIpc) is 2.82. The number of benzene rings is 2. The van der Waals surface area contributed by atoms with Crippen LogP contribution in [0.1, 0.15) is 43.7 Å². The molecule has 1 N–H and O–H groups in total. The molecule has 2 aromatic carbocycles. The highest BCUT2D eigenvalue weighted by Gasteiger charge is 2.06. The summed E-state index contributed by atoms with van der Waals surface area (Å²) < 4.78 is 22.1. The molecule has 0 fully saturated rings. The largest absolute Gasteiger partial charge is 0.497 e. The Bertz CT molecular complexity index is 768. The Morgan fingerprint density at radius 1 is 0.844 bits per heavy atom. The van der Waals surface area contributed by atoms with Gasteiger partial charge in [-0.2, -0.15) is 0 Å². The van der Waals surface area contributed by atoms with Gasteiger partial charge in [0.15, 0.2) is 0 Å². The van der Waals surface area contributed by atoms with Crippen molar-refractivity contribution >= 4 is 0 Å². The van der Waals surface area contributed by atoms with Gasteiger partial charge in [-0.3, -0.25) is 0 Å². The second kappa shape index (κ2) is 15.5. The van der Waals surface area contributed by atoms with E-state index < -0.39 is 0 Å². The summed E-state index contributed by atoms with van der Waals surface area (Å²) in [7, 11) is 3.34. The lowest BCUT2D eigenvalue weighted by atomic mass is 9.96. The van der Waals surface area contributed by atoms with Gasteiger partial charge in [0.1, 0.15) is 11.5 Å². The van der Waals surface area contributed by atoms with Crippen LogP contribution in [0.25, 0.3) is 0 Å². The number of hydrogen-bond donors (Lipinski definition) is 1. The first kappa shape index (κ1) is 25.9. The van der Waals surface area contributed by atoms with E-state index in [4.69, 9.17) is 18.9 Å². The molecule has 0 bridgehead atoms. The van der Waals surface area contributed by atoms with Crippen LogP contribution in [0.5, 0.6) is 11.5 Å². The molecule has 0 saturated heterocycles. The Balaban J connectivity index is 1.74. The lowest BCUT2D eigenvalue weighted by Gasteiger charge is -2.14. The third-order valence-electron chi connectivity index (χ3n) is 5.35. The van der Waals surface area contributed by atoms with E-state index in [0.717, 1.165) is 48.3 Å². The standard InChI is InChI=1S/C27H38O5/c1-22(14-16-28)19-23(15-18-32-21-25-8-12-27(30-3)13-9-25)5-4-17-31-20-24-6-10-26(29-2)11-7-24/h5-13,22,28H,4,14-21H2,1-3H3/b23-5+. The molecule has 176 valence electrons. The van der Waals surface area contributed by atoms with E-state index in [1.165, 1.54) is 5.57 Å². The number of aliphatic hydroxyl groups is 1. The third kappa shape index (κ3) is 10.3. The first-order valence-corrected chi connectivity index (χ1v) is 11.3. The molecular formula is C27H38O5. The molecule has 0 heterocycles. The number of methoxy groups -OCH3 is 2. The van der Waals surface area contributed by atoms with E-state index in [0.29, 0.717) is 32.3 Å². The zero-order valence-electron chi connectivity index (χ0n) is 19.7. The van der Waals surface area contributed by atoms with Crippen molar-refractivity contribution in [3.05, 3.63) is 71.3 Å². The van der Waals surface area contributed by atoms with Crippen LogP contribution in [-0.4, -0.2) is 39.1 Å². The van der Waals surface area contributed by atoms with Gasteiger partial charge in [-0.1, -0.05) is 42.8 Å². The van der Waals surface area contributed by atoms with Crippen LogP contribution in [0.15, 0.2) is 60.2 Å². The highest BCUT2D eigenvalue weighted by Crippen LogP contribution is 2.19. The van der Waals surface area contributed by atoms with Crippen LogP contribution >= 0.6 is 0 Å². The minimum atomic E-state index is 0.230. The second-order valence-electron chi connectivity index (χ2n) is 8.02. The summed E-state index contributed by atoms with van der Waals surface area (Å²) in [6.07, 6.45) is 5.84. The van der Waals surface area contributed by atoms with Crippen molar-refractivity contribution in [3.8, 4) is 11.5 Å². The summed E-state index contributed by atoms with van der Waals surface area (Å²) in [6.45, 7) is 4.95. The van der Waals surface area contributed by atoms with E-state index in [1.807, 2.05) is 48.5 Å². The Hall–Kier alpha value is -2.34. The fourth-order valence-electron chi connectivity index (χ4n) is 3.43. The van der Waals surface area contributed by atoms with E-state index in [1.54, 1.807) is 14.2 Å². The van der Waals surface area contributed by atoms with Gasteiger partial charge in [-0.15, -0.1) is 0 Å². The minimum Gasteiger partial charge on any atom is -0.497 e. The number of rotatable bonds is 16. The lowest BCUT2D eigenvalue weighted by molar-refractivity contribution is 0.121. The number of hydrogen-bond acceptors (Lipinski definition) is 5. The van der Waals surface area contributed by atoms with Crippen molar-refractivity contribution in [1.29, 1.82) is 0 Å². The maximum Gasteiger partial charge on any atom is 0.118 e. The van der Waals surface area contributed by atoms with Gasteiger partial charge in [0.2, 0.25) is 0 Å². The van der Waals surface area contributed by atoms with Gasteiger partial charge >= 0.3 is 0 Å². The molecule has 32 heavy (non-hydrogen) atoms. The van der Waals surface area contributed by atoms with Gasteiger partial charge in [0.05, 0.1) is 40.6 Å². The van der Waals surface area contributed by atoms with Crippen molar-refractivity contribution in [1.82, 2.24) is 0 Å². The molecule has 2 rings (SSSR count). The van der Waals surface area contributed by atoms with E-state index in [-0.39, 0.29) is 6.61 Å². The van der Waals surface area contributed by atoms with Crippen LogP contribution in [0.4, 0.5) is 0 Å². The van der Waals surface area contributed by atoms with Gasteiger partial charge < -0.3 is 24.1 Å². The Morgan fingerprint density at radius 3 is 1.88 bits per heavy atom. The van der Waals surface area contributed by atoms with E-state index >= 15 is 0 Å². The molecule has 0 aliphatic carbocycles. The van der Waals surface area contributed by atoms with Gasteiger partial charge in [-0.25, -0.2) is 0 Å². The first-order chi connectivity index (χ1) is 15.6. The van der Waals surface area contributed by atoms with Crippen molar-refractivity contribution in [2.75, 3.05) is 34.0 Å². The summed E-state index contributed by atoms with van der Waals surface area (Å²) >= 11 is 0. The van der Waals surface area contributed by atoms with Crippen molar-refractivity contribution in [2.45, 2.75) is 45.8 Å². The van der Waals surface area contributed by atoms with Crippen LogP contribution in [0.2, 0.25) is 0 Å². The highest BCUT2D eigenvalue weighted by molar-refractivity contribution is 5.27. The fourth-order valence-corrected chi connectivity index (χ4v) is 3.43. The van der Waals surface area contributed by atoms with E-state index in [2.05, 4.69) is 13.0 Å². The number of ether oxygens (including phenoxy) is 4. The number of aliphatic hydroxyl groups excluding tert-OH is 1. The molecule has 0 aliphatic rings. The van der Waals surface area contributed by atoms with Crippen LogP contribution in [0.3, 0.4) is 0 Å². The summed E-state index contributed by atoms with van der Waals surface area (Å²) in [5, 5.41) is 9.23. The van der Waals surface area contributed by atoms with Crippen molar-refractivity contribution in [2.24, 2.45) is 5.92 Å². The normalized spacial score (nSPS) is 12.6. The van der Waals surface area contributed by atoms with Gasteiger partial charge in [0.25, 0.3) is 0 Å². The third-order valence-corrected chi connectivity index (χ3v) is 5.35. The predicted molar refractivity (Wildman–Crippen MR) is 128 cm³/mol. The maximum absolute atomic E-state index is 9.23. The lowest BCUT2D eigenvalue weighted by Crippen LogP contribution is -2.04. The Morgan fingerprint density at radius 2 is 1.38 bits per heavy atom. The first-order valence-electron chi connectivity index (χ1n) is 11.3. The smallest absolute Gasteiger partial charge is 0.118 e. The average molecular weight is 443 g/mol. The quantitative estimate of drug-likeness (QED) is 0.273. The van der Waals surface area contributed by atoms with E-state index in [9.17, 15) is 5.11 Å². The molecule has 1 atom stereocenters. The summed E-state index contributed by atoms with van der Waals surface area (Å²) in [5.41, 5.74) is 3.64. The summed E-state index contributed by atoms with van der Waals surface area (Å²) in [6, 6.07) is 15.9. The van der Waals surface area contributed by atoms with Gasteiger partial charge in [-0.05, 0) is 67.0 Å². The molecule has 0 spiro atoms. The zero-order chi connectivity index (χ0) is 23.0.